The number of hydrogen-bond acceptors (Lipinski definition) is 2. The van der Waals surface area contributed by atoms with Crippen LogP contribution in [-0.4, -0.2) is 12.4 Å². The fourth-order valence-corrected chi connectivity index (χ4v) is 1.94. The van der Waals surface area contributed by atoms with Crippen molar-refractivity contribution < 1.29 is 17.9 Å². The van der Waals surface area contributed by atoms with Gasteiger partial charge in [0, 0.05) is 10.5 Å². The molecule has 0 unspecified atom stereocenters. The molecule has 1 aromatic rings. The molecule has 6 heteroatoms. The van der Waals surface area contributed by atoms with Crippen LogP contribution in [0.1, 0.15) is 19.3 Å². The van der Waals surface area contributed by atoms with Gasteiger partial charge in [0.15, 0.2) is 5.75 Å². The molecule has 17 heavy (non-hydrogen) atoms. The van der Waals surface area contributed by atoms with Crippen LogP contribution in [0.5, 0.6) is 5.75 Å². The first-order valence-corrected chi connectivity index (χ1v) is 6.05. The van der Waals surface area contributed by atoms with E-state index in [2.05, 4.69) is 26.0 Å². The summed E-state index contributed by atoms with van der Waals surface area (Å²) in [7, 11) is 0. The summed E-state index contributed by atoms with van der Waals surface area (Å²) in [6.45, 7) is 0. The summed E-state index contributed by atoms with van der Waals surface area (Å²) < 4.78 is 41.2. The van der Waals surface area contributed by atoms with Crippen molar-refractivity contribution in [2.24, 2.45) is 0 Å². The summed E-state index contributed by atoms with van der Waals surface area (Å²) in [6, 6.07) is 4.84. The van der Waals surface area contributed by atoms with E-state index < -0.39 is 6.36 Å². The first-order valence-electron chi connectivity index (χ1n) is 5.26. The van der Waals surface area contributed by atoms with Crippen LogP contribution in [0.3, 0.4) is 0 Å². The molecule has 0 radical (unpaired) electrons. The summed E-state index contributed by atoms with van der Waals surface area (Å²) in [5, 5.41) is 3.05. The average molecular weight is 310 g/mol. The smallest absolute Gasteiger partial charge is 0.404 e. The first-order chi connectivity index (χ1) is 7.94. The van der Waals surface area contributed by atoms with E-state index in [1.807, 2.05) is 0 Å². The summed E-state index contributed by atoms with van der Waals surface area (Å²) >= 11 is 3.13. The van der Waals surface area contributed by atoms with Gasteiger partial charge in [-0.05, 0) is 37.5 Å². The zero-order chi connectivity index (χ0) is 12.5. The lowest BCUT2D eigenvalue weighted by Gasteiger charge is -2.28. The molecule has 94 valence electrons. The summed E-state index contributed by atoms with van der Waals surface area (Å²) in [5.41, 5.74) is 0.384. The summed E-state index contributed by atoms with van der Waals surface area (Å²) in [4.78, 5) is 0. The number of benzene rings is 1. The van der Waals surface area contributed by atoms with Gasteiger partial charge in [-0.15, -0.1) is 13.2 Å². The molecule has 0 spiro atoms. The molecule has 2 nitrogen and oxygen atoms in total. The van der Waals surface area contributed by atoms with E-state index in [0.717, 1.165) is 19.3 Å². The monoisotopic (exact) mass is 309 g/mol. The molecule has 1 fully saturated rings. The normalized spacial score (nSPS) is 16.5. The number of hydrogen-bond donors (Lipinski definition) is 1. The van der Waals surface area contributed by atoms with Crippen LogP contribution in [0.2, 0.25) is 0 Å². The first kappa shape index (κ1) is 12.5. The predicted molar refractivity (Wildman–Crippen MR) is 62.1 cm³/mol. The SMILES string of the molecule is FC(F)(F)Oc1cc(Br)ccc1NC1CCC1. The fourth-order valence-electron chi connectivity index (χ4n) is 1.60. The van der Waals surface area contributed by atoms with E-state index in [4.69, 9.17) is 0 Å². The molecule has 1 saturated carbocycles. The quantitative estimate of drug-likeness (QED) is 0.898. The third-order valence-corrected chi connectivity index (χ3v) is 3.13. The van der Waals surface area contributed by atoms with Crippen LogP contribution < -0.4 is 10.1 Å². The Labute approximate surface area is 105 Å². The second-order valence-corrected chi connectivity index (χ2v) is 4.88. The standard InChI is InChI=1S/C11H11BrF3NO/c12-7-4-5-9(16-8-2-1-3-8)10(6-7)17-11(13,14)15/h4-6,8,16H,1-3H2. The van der Waals surface area contributed by atoms with Crippen molar-refractivity contribution in [1.29, 1.82) is 0 Å². The van der Waals surface area contributed by atoms with Gasteiger partial charge in [-0.3, -0.25) is 0 Å². The number of rotatable bonds is 3. The van der Waals surface area contributed by atoms with Gasteiger partial charge in [-0.1, -0.05) is 15.9 Å². The molecule has 1 aromatic carbocycles. The van der Waals surface area contributed by atoms with E-state index in [0.29, 0.717) is 10.2 Å². The molecular formula is C11H11BrF3NO. The van der Waals surface area contributed by atoms with Gasteiger partial charge in [-0.2, -0.15) is 0 Å². The molecular weight excluding hydrogens is 299 g/mol. The minimum Gasteiger partial charge on any atom is -0.404 e. The van der Waals surface area contributed by atoms with Crippen molar-refractivity contribution in [3.8, 4) is 5.75 Å². The zero-order valence-electron chi connectivity index (χ0n) is 8.85. The molecule has 0 aromatic heterocycles. The van der Waals surface area contributed by atoms with Crippen molar-refractivity contribution in [2.75, 3.05) is 5.32 Å². The zero-order valence-corrected chi connectivity index (χ0v) is 10.4. The Hall–Kier alpha value is -0.910. The van der Waals surface area contributed by atoms with Crippen molar-refractivity contribution in [1.82, 2.24) is 0 Å². The van der Waals surface area contributed by atoms with Crippen molar-refractivity contribution in [2.45, 2.75) is 31.7 Å². The van der Waals surface area contributed by atoms with E-state index in [-0.39, 0.29) is 11.8 Å². The fraction of sp³-hybridized carbons (Fsp3) is 0.455. The predicted octanol–water partition coefficient (Wildman–Crippen LogP) is 4.31. The highest BCUT2D eigenvalue weighted by Gasteiger charge is 2.32. The number of alkyl halides is 3. The molecule has 0 heterocycles. The van der Waals surface area contributed by atoms with Crippen LogP contribution in [0, 0.1) is 0 Å². The second kappa shape index (κ2) is 4.76. The number of anilines is 1. The molecule has 0 bridgehead atoms. The molecule has 0 amide bonds. The number of halogens is 4. The van der Waals surface area contributed by atoms with Crippen molar-refractivity contribution in [3.05, 3.63) is 22.7 Å². The molecule has 1 aliphatic rings. The third-order valence-electron chi connectivity index (χ3n) is 2.63. The van der Waals surface area contributed by atoms with Gasteiger partial charge in [0.1, 0.15) is 0 Å². The molecule has 1 aliphatic carbocycles. The highest BCUT2D eigenvalue weighted by Crippen LogP contribution is 2.35. The van der Waals surface area contributed by atoms with E-state index in [1.54, 1.807) is 12.1 Å². The highest BCUT2D eigenvalue weighted by atomic mass is 79.9. The van der Waals surface area contributed by atoms with E-state index in [9.17, 15) is 13.2 Å². The Bertz CT molecular complexity index is 404. The maximum absolute atomic E-state index is 12.2. The van der Waals surface area contributed by atoms with Crippen molar-refractivity contribution in [3.63, 3.8) is 0 Å². The lowest BCUT2D eigenvalue weighted by Crippen LogP contribution is -2.28. The molecule has 2 rings (SSSR count). The van der Waals surface area contributed by atoms with Gasteiger partial charge < -0.3 is 10.1 Å². The maximum atomic E-state index is 12.2. The van der Waals surface area contributed by atoms with Gasteiger partial charge in [0.2, 0.25) is 0 Å². The maximum Gasteiger partial charge on any atom is 0.573 e. The van der Waals surface area contributed by atoms with Crippen LogP contribution in [-0.2, 0) is 0 Å². The van der Waals surface area contributed by atoms with Gasteiger partial charge in [0.05, 0.1) is 5.69 Å². The van der Waals surface area contributed by atoms with Crippen LogP contribution in [0.25, 0.3) is 0 Å². The minimum absolute atomic E-state index is 0.196. The van der Waals surface area contributed by atoms with Crippen LogP contribution in [0.15, 0.2) is 22.7 Å². The van der Waals surface area contributed by atoms with Gasteiger partial charge in [-0.25, -0.2) is 0 Å². The molecule has 0 atom stereocenters. The summed E-state index contributed by atoms with van der Waals surface area (Å²) in [6.07, 6.45) is -1.58. The van der Waals surface area contributed by atoms with Gasteiger partial charge >= 0.3 is 6.36 Å². The third kappa shape index (κ3) is 3.52. The lowest BCUT2D eigenvalue weighted by molar-refractivity contribution is -0.274. The van der Waals surface area contributed by atoms with Crippen LogP contribution in [0.4, 0.5) is 18.9 Å². The Morgan fingerprint density at radius 3 is 2.53 bits per heavy atom. The summed E-state index contributed by atoms with van der Waals surface area (Å²) in [5.74, 6) is -0.196. The second-order valence-electron chi connectivity index (χ2n) is 3.96. The molecule has 0 aliphatic heterocycles. The largest absolute Gasteiger partial charge is 0.573 e. The number of ether oxygens (including phenoxy) is 1. The number of nitrogens with one attached hydrogen (secondary N) is 1. The van der Waals surface area contributed by atoms with E-state index in [1.165, 1.54) is 6.07 Å². The topological polar surface area (TPSA) is 21.3 Å². The Kier molecular flexibility index (Phi) is 3.51. The Morgan fingerprint density at radius 2 is 2.00 bits per heavy atom. The highest BCUT2D eigenvalue weighted by molar-refractivity contribution is 9.10. The van der Waals surface area contributed by atoms with Crippen molar-refractivity contribution >= 4 is 21.6 Å². The van der Waals surface area contributed by atoms with Gasteiger partial charge in [0.25, 0.3) is 0 Å². The van der Waals surface area contributed by atoms with E-state index >= 15 is 0 Å². The average Bonchev–Trinajstić information content (AvgIpc) is 2.11. The van der Waals surface area contributed by atoms with Crippen LogP contribution >= 0.6 is 15.9 Å². The Morgan fingerprint density at radius 1 is 1.29 bits per heavy atom. The minimum atomic E-state index is -4.67. The molecule has 1 N–H and O–H groups in total. The molecule has 0 saturated heterocycles. The lowest BCUT2D eigenvalue weighted by atomic mass is 9.93. The Balaban J connectivity index is 2.17.